The van der Waals surface area contributed by atoms with Gasteiger partial charge in [-0.15, -0.1) is 0 Å². The summed E-state index contributed by atoms with van der Waals surface area (Å²) in [6.45, 7) is 7.25. The van der Waals surface area contributed by atoms with Gasteiger partial charge >= 0.3 is 0 Å². The average molecular weight is 268 g/mol. The van der Waals surface area contributed by atoms with E-state index in [0.29, 0.717) is 18.8 Å². The van der Waals surface area contributed by atoms with E-state index >= 15 is 0 Å². The number of hydrogen-bond donors (Lipinski definition) is 0. The summed E-state index contributed by atoms with van der Waals surface area (Å²) in [6, 6.07) is 13.7. The highest BCUT2D eigenvalue weighted by Crippen LogP contribution is 2.12. The molecule has 3 nitrogen and oxygen atoms in total. The van der Waals surface area contributed by atoms with E-state index in [-0.39, 0.29) is 5.91 Å². The van der Waals surface area contributed by atoms with Crippen molar-refractivity contribution in [1.29, 1.82) is 0 Å². The second kappa shape index (κ2) is 6.33. The molecule has 0 saturated carbocycles. The Hall–Kier alpha value is -2.16. The molecule has 0 radical (unpaired) electrons. The smallest absolute Gasteiger partial charge is 0.272 e. The third-order valence-corrected chi connectivity index (χ3v) is 3.40. The van der Waals surface area contributed by atoms with Crippen LogP contribution in [-0.2, 0) is 6.54 Å². The molecule has 1 aromatic carbocycles. The molecule has 20 heavy (non-hydrogen) atoms. The lowest BCUT2D eigenvalue weighted by atomic mass is 10.1. The van der Waals surface area contributed by atoms with Gasteiger partial charge in [-0.1, -0.05) is 30.3 Å². The fraction of sp³-hybridized carbons (Fsp3) is 0.294. The normalized spacial score (nSPS) is 10.3. The summed E-state index contributed by atoms with van der Waals surface area (Å²) in [5.74, 6) is -0.0144. The lowest BCUT2D eigenvalue weighted by molar-refractivity contribution is 0.0746. The van der Waals surface area contributed by atoms with Crippen molar-refractivity contribution in [2.45, 2.75) is 27.3 Å². The Kier molecular flexibility index (Phi) is 4.51. The van der Waals surface area contributed by atoms with Crippen molar-refractivity contribution in [3.8, 4) is 0 Å². The minimum Gasteiger partial charge on any atom is -0.333 e. The summed E-state index contributed by atoms with van der Waals surface area (Å²) in [5.41, 5.74) is 3.76. The molecule has 1 heterocycles. The molecule has 0 aliphatic carbocycles. The van der Waals surface area contributed by atoms with E-state index in [2.05, 4.69) is 24.0 Å². The molecule has 3 heteroatoms. The fourth-order valence-corrected chi connectivity index (χ4v) is 2.14. The molecular weight excluding hydrogens is 248 g/mol. The van der Waals surface area contributed by atoms with Crippen molar-refractivity contribution in [2.75, 3.05) is 6.54 Å². The summed E-state index contributed by atoms with van der Waals surface area (Å²) in [5, 5.41) is 0. The van der Waals surface area contributed by atoms with Crippen LogP contribution < -0.4 is 0 Å². The lowest BCUT2D eigenvalue weighted by Crippen LogP contribution is -2.31. The van der Waals surface area contributed by atoms with Gasteiger partial charge in [-0.25, -0.2) is 4.98 Å². The molecule has 1 amide bonds. The summed E-state index contributed by atoms with van der Waals surface area (Å²) in [6.07, 6.45) is 0. The first-order chi connectivity index (χ1) is 9.61. The van der Waals surface area contributed by atoms with Crippen LogP contribution in [0, 0.1) is 13.8 Å². The van der Waals surface area contributed by atoms with Crippen LogP contribution >= 0.6 is 0 Å². The topological polar surface area (TPSA) is 33.2 Å². The van der Waals surface area contributed by atoms with Gasteiger partial charge in [0.1, 0.15) is 5.69 Å². The first-order valence-electron chi connectivity index (χ1n) is 6.89. The highest BCUT2D eigenvalue weighted by Gasteiger charge is 2.16. The van der Waals surface area contributed by atoms with Gasteiger partial charge in [0, 0.05) is 18.8 Å². The molecule has 0 aliphatic rings. The van der Waals surface area contributed by atoms with Gasteiger partial charge in [0.2, 0.25) is 0 Å². The number of benzene rings is 1. The second-order valence-electron chi connectivity index (χ2n) is 4.91. The van der Waals surface area contributed by atoms with Crippen LogP contribution in [0.5, 0.6) is 0 Å². The number of nitrogens with zero attached hydrogens (tertiary/aromatic N) is 2. The van der Waals surface area contributed by atoms with E-state index in [0.717, 1.165) is 5.69 Å². The lowest BCUT2D eigenvalue weighted by Gasteiger charge is -2.21. The van der Waals surface area contributed by atoms with Gasteiger partial charge in [0.25, 0.3) is 5.91 Å². The molecule has 0 bridgehead atoms. The maximum Gasteiger partial charge on any atom is 0.272 e. The minimum absolute atomic E-state index is 0.0144. The Labute approximate surface area is 120 Å². The van der Waals surface area contributed by atoms with E-state index in [4.69, 9.17) is 0 Å². The average Bonchev–Trinajstić information content (AvgIpc) is 2.46. The maximum absolute atomic E-state index is 12.5. The van der Waals surface area contributed by atoms with E-state index in [1.807, 2.05) is 43.0 Å². The standard InChI is InChI=1S/C17H20N2O/c1-4-19(12-15-10-6-5-8-13(15)2)17(20)16-11-7-9-14(3)18-16/h5-11H,4,12H2,1-3H3. The zero-order valence-corrected chi connectivity index (χ0v) is 12.3. The van der Waals surface area contributed by atoms with Crippen LogP contribution in [0.2, 0.25) is 0 Å². The quantitative estimate of drug-likeness (QED) is 0.852. The SMILES string of the molecule is CCN(Cc1ccccc1C)C(=O)c1cccc(C)n1. The van der Waals surface area contributed by atoms with Crippen LogP contribution in [0.25, 0.3) is 0 Å². The largest absolute Gasteiger partial charge is 0.333 e. The number of pyridine rings is 1. The van der Waals surface area contributed by atoms with Crippen LogP contribution in [0.3, 0.4) is 0 Å². The van der Waals surface area contributed by atoms with Crippen LogP contribution in [-0.4, -0.2) is 22.3 Å². The Morgan fingerprint density at radius 3 is 2.50 bits per heavy atom. The molecule has 2 aromatic rings. The summed E-state index contributed by atoms with van der Waals surface area (Å²) in [7, 11) is 0. The molecule has 0 atom stereocenters. The Balaban J connectivity index is 2.20. The van der Waals surface area contributed by atoms with Crippen molar-refractivity contribution in [3.05, 3.63) is 65.0 Å². The van der Waals surface area contributed by atoms with Crippen molar-refractivity contribution >= 4 is 5.91 Å². The number of amides is 1. The van der Waals surface area contributed by atoms with E-state index < -0.39 is 0 Å². The molecule has 104 valence electrons. The van der Waals surface area contributed by atoms with Gasteiger partial charge in [-0.2, -0.15) is 0 Å². The molecule has 0 fully saturated rings. The Bertz CT molecular complexity index is 607. The van der Waals surface area contributed by atoms with E-state index in [1.165, 1.54) is 11.1 Å². The predicted octanol–water partition coefficient (Wildman–Crippen LogP) is 3.36. The highest BCUT2D eigenvalue weighted by molar-refractivity contribution is 5.92. The molecule has 0 unspecified atom stereocenters. The first kappa shape index (κ1) is 14.3. The van der Waals surface area contributed by atoms with Crippen molar-refractivity contribution < 1.29 is 4.79 Å². The third kappa shape index (κ3) is 3.23. The minimum atomic E-state index is -0.0144. The van der Waals surface area contributed by atoms with Gasteiger partial charge in [-0.3, -0.25) is 4.79 Å². The zero-order chi connectivity index (χ0) is 14.5. The van der Waals surface area contributed by atoms with E-state index in [1.54, 1.807) is 6.07 Å². The van der Waals surface area contributed by atoms with Gasteiger partial charge < -0.3 is 4.90 Å². The molecule has 1 aromatic heterocycles. The number of aryl methyl sites for hydroxylation is 2. The fourth-order valence-electron chi connectivity index (χ4n) is 2.14. The molecule has 0 saturated heterocycles. The van der Waals surface area contributed by atoms with Crippen molar-refractivity contribution in [3.63, 3.8) is 0 Å². The van der Waals surface area contributed by atoms with Gasteiger partial charge in [0.05, 0.1) is 0 Å². The summed E-state index contributed by atoms with van der Waals surface area (Å²) >= 11 is 0. The Morgan fingerprint density at radius 1 is 1.10 bits per heavy atom. The zero-order valence-electron chi connectivity index (χ0n) is 12.3. The third-order valence-electron chi connectivity index (χ3n) is 3.40. The molecule has 0 aliphatic heterocycles. The monoisotopic (exact) mass is 268 g/mol. The van der Waals surface area contributed by atoms with Crippen LogP contribution in [0.1, 0.15) is 34.2 Å². The summed E-state index contributed by atoms with van der Waals surface area (Å²) < 4.78 is 0. The second-order valence-corrected chi connectivity index (χ2v) is 4.91. The van der Waals surface area contributed by atoms with Crippen molar-refractivity contribution in [1.82, 2.24) is 9.88 Å². The number of carbonyl (C=O) groups excluding carboxylic acids is 1. The maximum atomic E-state index is 12.5. The van der Waals surface area contributed by atoms with Crippen molar-refractivity contribution in [2.24, 2.45) is 0 Å². The molecular formula is C17H20N2O. The van der Waals surface area contributed by atoms with Crippen LogP contribution in [0.4, 0.5) is 0 Å². The molecule has 0 spiro atoms. The van der Waals surface area contributed by atoms with E-state index in [9.17, 15) is 4.79 Å². The molecule has 0 N–H and O–H groups in total. The number of rotatable bonds is 4. The first-order valence-corrected chi connectivity index (χ1v) is 6.89. The highest BCUT2D eigenvalue weighted by atomic mass is 16.2. The molecule has 2 rings (SSSR count). The Morgan fingerprint density at radius 2 is 1.85 bits per heavy atom. The predicted molar refractivity (Wildman–Crippen MR) is 80.6 cm³/mol. The van der Waals surface area contributed by atoms with Gasteiger partial charge in [-0.05, 0) is 44.0 Å². The number of aromatic nitrogens is 1. The number of carbonyl (C=O) groups is 1. The summed E-state index contributed by atoms with van der Waals surface area (Å²) in [4.78, 5) is 18.6. The number of hydrogen-bond acceptors (Lipinski definition) is 2. The van der Waals surface area contributed by atoms with Gasteiger partial charge in [0.15, 0.2) is 0 Å². The van der Waals surface area contributed by atoms with Crippen LogP contribution in [0.15, 0.2) is 42.5 Å².